The minimum absolute atomic E-state index is 0.293. The van der Waals surface area contributed by atoms with E-state index in [0.717, 1.165) is 12.7 Å². The van der Waals surface area contributed by atoms with Crippen molar-refractivity contribution in [3.63, 3.8) is 0 Å². The summed E-state index contributed by atoms with van der Waals surface area (Å²) in [5.74, 6) is 1.45. The Morgan fingerprint density at radius 3 is 2.82 bits per heavy atom. The van der Waals surface area contributed by atoms with Crippen LogP contribution in [-0.4, -0.2) is 6.29 Å². The fourth-order valence-corrected chi connectivity index (χ4v) is 2.16. The standard InChI is InChI=1S/C10H12O/c11-7-9-6-5-8-3-1-2-4-10(8)9/h1-4,7-10H,5-6H2. The highest BCUT2D eigenvalue weighted by molar-refractivity contribution is 5.56. The molecule has 3 atom stereocenters. The van der Waals surface area contributed by atoms with Crippen LogP contribution < -0.4 is 0 Å². The average Bonchev–Trinajstić information content (AvgIpc) is 2.47. The largest absolute Gasteiger partial charge is 0.303 e. The normalized spacial score (nSPS) is 40.5. The van der Waals surface area contributed by atoms with Crippen molar-refractivity contribution in [1.82, 2.24) is 0 Å². The van der Waals surface area contributed by atoms with E-state index in [1.54, 1.807) is 0 Å². The number of aldehydes is 1. The summed E-state index contributed by atoms with van der Waals surface area (Å²) in [6, 6.07) is 0. The van der Waals surface area contributed by atoms with Gasteiger partial charge in [-0.1, -0.05) is 24.3 Å². The van der Waals surface area contributed by atoms with E-state index in [0.29, 0.717) is 17.8 Å². The molecule has 0 saturated heterocycles. The van der Waals surface area contributed by atoms with Gasteiger partial charge in [0, 0.05) is 5.92 Å². The first-order valence-corrected chi connectivity index (χ1v) is 4.22. The van der Waals surface area contributed by atoms with Gasteiger partial charge in [0.25, 0.3) is 0 Å². The quantitative estimate of drug-likeness (QED) is 0.519. The van der Waals surface area contributed by atoms with Gasteiger partial charge in [-0.3, -0.25) is 0 Å². The molecule has 0 amide bonds. The second kappa shape index (κ2) is 2.65. The summed E-state index contributed by atoms with van der Waals surface area (Å²) in [6.45, 7) is 0. The second-order valence-electron chi connectivity index (χ2n) is 3.39. The van der Waals surface area contributed by atoms with E-state index in [-0.39, 0.29) is 0 Å². The van der Waals surface area contributed by atoms with Crippen LogP contribution in [-0.2, 0) is 4.79 Å². The summed E-state index contributed by atoms with van der Waals surface area (Å²) in [7, 11) is 0. The number of rotatable bonds is 1. The van der Waals surface area contributed by atoms with Crippen molar-refractivity contribution in [3.8, 4) is 0 Å². The number of hydrogen-bond acceptors (Lipinski definition) is 1. The Morgan fingerprint density at radius 1 is 1.18 bits per heavy atom. The molecular weight excluding hydrogens is 136 g/mol. The molecule has 1 fully saturated rings. The molecule has 0 aromatic heterocycles. The van der Waals surface area contributed by atoms with E-state index in [4.69, 9.17) is 0 Å². The summed E-state index contributed by atoms with van der Waals surface area (Å²) in [5, 5.41) is 0. The maximum absolute atomic E-state index is 10.6. The van der Waals surface area contributed by atoms with Crippen molar-refractivity contribution >= 4 is 6.29 Å². The fraction of sp³-hybridized carbons (Fsp3) is 0.500. The Labute approximate surface area is 66.8 Å². The summed E-state index contributed by atoms with van der Waals surface area (Å²) in [4.78, 5) is 10.6. The van der Waals surface area contributed by atoms with Crippen molar-refractivity contribution in [2.45, 2.75) is 12.8 Å². The molecule has 0 N–H and O–H groups in total. The molecule has 3 unspecified atom stereocenters. The van der Waals surface area contributed by atoms with Crippen molar-refractivity contribution in [2.75, 3.05) is 0 Å². The van der Waals surface area contributed by atoms with E-state index in [1.165, 1.54) is 6.42 Å². The molecule has 1 saturated carbocycles. The van der Waals surface area contributed by atoms with Gasteiger partial charge in [-0.2, -0.15) is 0 Å². The molecule has 0 aromatic carbocycles. The molecule has 2 rings (SSSR count). The molecule has 11 heavy (non-hydrogen) atoms. The Morgan fingerprint density at radius 2 is 2.00 bits per heavy atom. The highest BCUT2D eigenvalue weighted by Gasteiger charge is 2.33. The number of carbonyl (C=O) groups excluding carboxylic acids is 1. The first kappa shape index (κ1) is 6.84. The van der Waals surface area contributed by atoms with Crippen LogP contribution in [0.2, 0.25) is 0 Å². The topological polar surface area (TPSA) is 17.1 Å². The molecule has 0 bridgehead atoms. The van der Waals surface area contributed by atoms with Crippen LogP contribution in [0, 0.1) is 17.8 Å². The lowest BCUT2D eigenvalue weighted by atomic mass is 9.87. The first-order valence-electron chi connectivity index (χ1n) is 4.22. The first-order chi connectivity index (χ1) is 5.42. The Kier molecular flexibility index (Phi) is 1.65. The maximum atomic E-state index is 10.6. The summed E-state index contributed by atoms with van der Waals surface area (Å²) in [6.07, 6.45) is 11.9. The van der Waals surface area contributed by atoms with E-state index in [1.807, 2.05) is 0 Å². The summed E-state index contributed by atoms with van der Waals surface area (Å²) >= 11 is 0. The second-order valence-corrected chi connectivity index (χ2v) is 3.39. The maximum Gasteiger partial charge on any atom is 0.123 e. The average molecular weight is 148 g/mol. The highest BCUT2D eigenvalue weighted by Crippen LogP contribution is 2.39. The highest BCUT2D eigenvalue weighted by atomic mass is 16.1. The zero-order chi connectivity index (χ0) is 7.68. The molecule has 0 spiro atoms. The Balaban J connectivity index is 2.18. The number of hydrogen-bond donors (Lipinski definition) is 0. The Hall–Kier alpha value is -0.850. The lowest BCUT2D eigenvalue weighted by Gasteiger charge is -2.17. The van der Waals surface area contributed by atoms with Gasteiger partial charge in [-0.05, 0) is 24.7 Å². The van der Waals surface area contributed by atoms with E-state index in [2.05, 4.69) is 24.3 Å². The van der Waals surface area contributed by atoms with Crippen LogP contribution in [0.25, 0.3) is 0 Å². The van der Waals surface area contributed by atoms with E-state index in [9.17, 15) is 4.79 Å². The third kappa shape index (κ3) is 1.05. The minimum atomic E-state index is 0.293. The van der Waals surface area contributed by atoms with Gasteiger partial charge < -0.3 is 4.79 Å². The van der Waals surface area contributed by atoms with Crippen LogP contribution in [0.3, 0.4) is 0 Å². The van der Waals surface area contributed by atoms with Gasteiger partial charge in [0.15, 0.2) is 0 Å². The van der Waals surface area contributed by atoms with Crippen LogP contribution in [0.4, 0.5) is 0 Å². The van der Waals surface area contributed by atoms with Gasteiger partial charge in [-0.25, -0.2) is 0 Å². The molecule has 1 nitrogen and oxygen atoms in total. The molecule has 0 heterocycles. The zero-order valence-electron chi connectivity index (χ0n) is 6.44. The van der Waals surface area contributed by atoms with Crippen molar-refractivity contribution in [1.29, 1.82) is 0 Å². The molecule has 2 aliphatic carbocycles. The van der Waals surface area contributed by atoms with Gasteiger partial charge >= 0.3 is 0 Å². The van der Waals surface area contributed by atoms with Gasteiger partial charge in [0.2, 0.25) is 0 Å². The molecule has 2 aliphatic rings. The SMILES string of the molecule is O=CC1CCC2C=CC=CC12. The van der Waals surface area contributed by atoms with Crippen molar-refractivity contribution in [3.05, 3.63) is 24.3 Å². The molecule has 1 heteroatoms. The number of fused-ring (bicyclic) bond motifs is 1. The minimum Gasteiger partial charge on any atom is -0.303 e. The van der Waals surface area contributed by atoms with Crippen molar-refractivity contribution in [2.24, 2.45) is 17.8 Å². The van der Waals surface area contributed by atoms with Gasteiger partial charge in [0.1, 0.15) is 6.29 Å². The van der Waals surface area contributed by atoms with E-state index < -0.39 is 0 Å². The monoisotopic (exact) mass is 148 g/mol. The van der Waals surface area contributed by atoms with E-state index >= 15 is 0 Å². The van der Waals surface area contributed by atoms with Gasteiger partial charge in [-0.15, -0.1) is 0 Å². The lowest BCUT2D eigenvalue weighted by Crippen LogP contribution is -2.13. The van der Waals surface area contributed by atoms with Crippen LogP contribution in [0.15, 0.2) is 24.3 Å². The Bertz CT molecular complexity index is 209. The van der Waals surface area contributed by atoms with Crippen LogP contribution in [0.1, 0.15) is 12.8 Å². The van der Waals surface area contributed by atoms with Crippen LogP contribution >= 0.6 is 0 Å². The molecule has 0 radical (unpaired) electrons. The lowest BCUT2D eigenvalue weighted by molar-refractivity contribution is -0.111. The third-order valence-electron chi connectivity index (χ3n) is 2.80. The molecule has 0 aromatic rings. The number of allylic oxidation sites excluding steroid dienone is 4. The number of carbonyl (C=O) groups is 1. The predicted molar refractivity (Wildman–Crippen MR) is 44.0 cm³/mol. The molecular formula is C10H12O. The van der Waals surface area contributed by atoms with Crippen molar-refractivity contribution < 1.29 is 4.79 Å². The fourth-order valence-electron chi connectivity index (χ4n) is 2.16. The summed E-state index contributed by atoms with van der Waals surface area (Å²) < 4.78 is 0. The smallest absolute Gasteiger partial charge is 0.123 e. The summed E-state index contributed by atoms with van der Waals surface area (Å²) in [5.41, 5.74) is 0. The molecule has 58 valence electrons. The third-order valence-corrected chi connectivity index (χ3v) is 2.80. The molecule has 0 aliphatic heterocycles. The van der Waals surface area contributed by atoms with Gasteiger partial charge in [0.05, 0.1) is 0 Å². The zero-order valence-corrected chi connectivity index (χ0v) is 6.44. The predicted octanol–water partition coefficient (Wildman–Crippen LogP) is 1.95. The van der Waals surface area contributed by atoms with Crippen LogP contribution in [0.5, 0.6) is 0 Å².